The highest BCUT2D eigenvalue weighted by Gasteiger charge is 2.53. The van der Waals surface area contributed by atoms with Gasteiger partial charge in [0.15, 0.2) is 0 Å². The maximum Gasteiger partial charge on any atom is 0.325 e. The van der Waals surface area contributed by atoms with Crippen LogP contribution < -0.4 is 5.32 Å². The highest BCUT2D eigenvalue weighted by atomic mass is 32.2. The highest BCUT2D eigenvalue weighted by molar-refractivity contribution is 7.99. The van der Waals surface area contributed by atoms with Crippen LogP contribution >= 0.6 is 11.8 Å². The van der Waals surface area contributed by atoms with Crippen molar-refractivity contribution < 1.29 is 14.7 Å². The monoisotopic (exact) mass is 292 g/mol. The van der Waals surface area contributed by atoms with Crippen LogP contribution in [0.5, 0.6) is 0 Å². The molecule has 0 aliphatic carbocycles. The van der Waals surface area contributed by atoms with Gasteiger partial charge in [0.05, 0.1) is 12.6 Å². The van der Waals surface area contributed by atoms with Crippen LogP contribution in [0.1, 0.15) is 18.1 Å². The number of nitrogens with one attached hydrogen (secondary N) is 1. The molecule has 2 heterocycles. The van der Waals surface area contributed by atoms with E-state index in [0.717, 1.165) is 10.7 Å². The van der Waals surface area contributed by atoms with E-state index in [1.807, 2.05) is 18.2 Å². The first-order chi connectivity index (χ1) is 9.62. The number of benzene rings is 1. The highest BCUT2D eigenvalue weighted by Crippen LogP contribution is 2.34. The van der Waals surface area contributed by atoms with Crippen LogP contribution in [0.25, 0.3) is 0 Å². The van der Waals surface area contributed by atoms with Gasteiger partial charge < -0.3 is 10.4 Å². The Balaban J connectivity index is 1.74. The second-order valence-electron chi connectivity index (χ2n) is 5.16. The lowest BCUT2D eigenvalue weighted by Crippen LogP contribution is -2.47. The van der Waals surface area contributed by atoms with Crippen molar-refractivity contribution in [2.75, 3.05) is 18.1 Å². The van der Waals surface area contributed by atoms with E-state index in [-0.39, 0.29) is 12.5 Å². The van der Waals surface area contributed by atoms with Crippen molar-refractivity contribution in [3.05, 3.63) is 35.9 Å². The van der Waals surface area contributed by atoms with Crippen molar-refractivity contribution in [2.24, 2.45) is 0 Å². The molecule has 2 atom stereocenters. The number of hydrogen-bond donors (Lipinski definition) is 2. The van der Waals surface area contributed by atoms with Crippen molar-refractivity contribution in [2.45, 2.75) is 18.1 Å². The molecule has 106 valence electrons. The molecule has 3 rings (SSSR count). The quantitative estimate of drug-likeness (QED) is 0.820. The van der Waals surface area contributed by atoms with E-state index < -0.39 is 17.7 Å². The molecule has 1 aromatic carbocycles. The Bertz CT molecular complexity index is 528. The van der Waals surface area contributed by atoms with Gasteiger partial charge in [-0.25, -0.2) is 4.79 Å². The Kier molecular flexibility index (Phi) is 3.43. The van der Waals surface area contributed by atoms with Gasteiger partial charge in [-0.1, -0.05) is 30.3 Å². The Morgan fingerprint density at radius 3 is 2.75 bits per heavy atom. The third-order valence-electron chi connectivity index (χ3n) is 3.81. The van der Waals surface area contributed by atoms with Crippen LogP contribution in [0.3, 0.4) is 0 Å². The summed E-state index contributed by atoms with van der Waals surface area (Å²) in [5.74, 6) is 1.29. The maximum atomic E-state index is 12.4. The number of urea groups is 1. The van der Waals surface area contributed by atoms with Crippen molar-refractivity contribution in [1.29, 1.82) is 0 Å². The third kappa shape index (κ3) is 2.19. The van der Waals surface area contributed by atoms with E-state index in [4.69, 9.17) is 0 Å². The molecule has 0 saturated carbocycles. The molecule has 2 fully saturated rings. The fourth-order valence-corrected chi connectivity index (χ4v) is 3.95. The molecule has 3 amide bonds. The molecular weight excluding hydrogens is 276 g/mol. The van der Waals surface area contributed by atoms with Crippen LogP contribution in [-0.4, -0.2) is 45.5 Å². The first-order valence-electron chi connectivity index (χ1n) is 6.57. The number of amides is 3. The lowest BCUT2D eigenvalue weighted by Gasteiger charge is -2.21. The normalized spacial score (nSPS) is 27.1. The summed E-state index contributed by atoms with van der Waals surface area (Å²) in [7, 11) is 0. The molecule has 0 unspecified atom stereocenters. The van der Waals surface area contributed by atoms with Crippen molar-refractivity contribution in [1.82, 2.24) is 10.2 Å². The fraction of sp³-hybridized carbons (Fsp3) is 0.429. The standard InChI is InChI=1S/C14H16N2O3S/c17-11(10-4-2-1-3-5-10)8-16-12(18)14(15-13(16)19)6-7-20-9-14/h1-5,11,17H,6-9H2,(H,15,19)/t11-,14-/m0/s1. The zero-order valence-corrected chi connectivity index (χ0v) is 11.7. The number of aliphatic hydroxyl groups is 1. The van der Waals surface area contributed by atoms with Crippen LogP contribution in [0.2, 0.25) is 0 Å². The minimum Gasteiger partial charge on any atom is -0.387 e. The molecule has 6 heteroatoms. The van der Waals surface area contributed by atoms with E-state index in [0.29, 0.717) is 17.7 Å². The van der Waals surface area contributed by atoms with Crippen molar-refractivity contribution in [3.63, 3.8) is 0 Å². The summed E-state index contributed by atoms with van der Waals surface area (Å²) in [6.07, 6.45) is -0.185. The van der Waals surface area contributed by atoms with Gasteiger partial charge in [-0.3, -0.25) is 9.69 Å². The Morgan fingerprint density at radius 2 is 2.10 bits per heavy atom. The van der Waals surface area contributed by atoms with E-state index >= 15 is 0 Å². The van der Waals surface area contributed by atoms with Gasteiger partial charge in [-0.15, -0.1) is 0 Å². The minimum absolute atomic E-state index is 0.00109. The van der Waals surface area contributed by atoms with Crippen LogP contribution in [-0.2, 0) is 4.79 Å². The first-order valence-corrected chi connectivity index (χ1v) is 7.73. The number of nitrogens with zero attached hydrogens (tertiary/aromatic N) is 1. The largest absolute Gasteiger partial charge is 0.387 e. The SMILES string of the molecule is O=C1N[C@]2(CCSC2)C(=O)N1C[C@H](O)c1ccccc1. The van der Waals surface area contributed by atoms with Gasteiger partial charge in [-0.05, 0) is 17.7 Å². The molecule has 0 bridgehead atoms. The molecule has 0 radical (unpaired) electrons. The number of carbonyl (C=O) groups is 2. The third-order valence-corrected chi connectivity index (χ3v) is 5.00. The summed E-state index contributed by atoms with van der Waals surface area (Å²) in [5.41, 5.74) is -0.0344. The fourth-order valence-electron chi connectivity index (χ4n) is 2.63. The van der Waals surface area contributed by atoms with Crippen molar-refractivity contribution in [3.8, 4) is 0 Å². The molecule has 2 N–H and O–H groups in total. The van der Waals surface area contributed by atoms with Crippen LogP contribution in [0.15, 0.2) is 30.3 Å². The molecule has 2 aliphatic heterocycles. The first kappa shape index (κ1) is 13.5. The van der Waals surface area contributed by atoms with Crippen LogP contribution in [0, 0.1) is 0 Å². The second-order valence-corrected chi connectivity index (χ2v) is 6.26. The number of rotatable bonds is 3. The van der Waals surface area contributed by atoms with E-state index in [2.05, 4.69) is 5.32 Å². The van der Waals surface area contributed by atoms with E-state index in [1.165, 1.54) is 0 Å². The van der Waals surface area contributed by atoms with Crippen LogP contribution in [0.4, 0.5) is 4.79 Å². The van der Waals surface area contributed by atoms with E-state index in [1.54, 1.807) is 23.9 Å². The lowest BCUT2D eigenvalue weighted by molar-refractivity contribution is -0.131. The molecular formula is C14H16N2O3S. The number of hydrogen-bond acceptors (Lipinski definition) is 4. The second kappa shape index (κ2) is 5.10. The Hall–Kier alpha value is -1.53. The van der Waals surface area contributed by atoms with Gasteiger partial charge >= 0.3 is 6.03 Å². The Labute approximate surface area is 121 Å². The van der Waals surface area contributed by atoms with Gasteiger partial charge in [0.25, 0.3) is 5.91 Å². The average molecular weight is 292 g/mol. The van der Waals surface area contributed by atoms with Gasteiger partial charge in [0, 0.05) is 5.75 Å². The summed E-state index contributed by atoms with van der Waals surface area (Å²) in [6.45, 7) is 0.00109. The zero-order chi connectivity index (χ0) is 14.2. The number of carbonyl (C=O) groups excluding carboxylic acids is 2. The summed E-state index contributed by atoms with van der Waals surface area (Å²) < 4.78 is 0. The zero-order valence-electron chi connectivity index (χ0n) is 10.9. The molecule has 5 nitrogen and oxygen atoms in total. The molecule has 1 spiro atoms. The average Bonchev–Trinajstić information content (AvgIpc) is 3.01. The number of β-amino-alcohol motifs (C(OH)–C–C–N with tert-alkyl or cyclic N) is 1. The topological polar surface area (TPSA) is 69.6 Å². The number of imide groups is 1. The molecule has 2 aliphatic rings. The lowest BCUT2D eigenvalue weighted by atomic mass is 9.99. The minimum atomic E-state index is -0.852. The summed E-state index contributed by atoms with van der Waals surface area (Å²) >= 11 is 1.67. The molecule has 20 heavy (non-hydrogen) atoms. The Morgan fingerprint density at radius 1 is 1.35 bits per heavy atom. The van der Waals surface area contributed by atoms with Gasteiger partial charge in [0.2, 0.25) is 0 Å². The predicted octanol–water partition coefficient (Wildman–Crippen LogP) is 1.15. The van der Waals surface area contributed by atoms with E-state index in [9.17, 15) is 14.7 Å². The summed E-state index contributed by atoms with van der Waals surface area (Å²) in [4.78, 5) is 25.6. The van der Waals surface area contributed by atoms with Gasteiger partial charge in [0.1, 0.15) is 5.54 Å². The summed E-state index contributed by atoms with van der Waals surface area (Å²) in [6, 6.07) is 8.66. The number of aliphatic hydroxyl groups excluding tert-OH is 1. The van der Waals surface area contributed by atoms with Crippen molar-refractivity contribution >= 4 is 23.7 Å². The smallest absolute Gasteiger partial charge is 0.325 e. The molecule has 1 aromatic rings. The summed E-state index contributed by atoms with van der Waals surface area (Å²) in [5, 5.41) is 13.0. The maximum absolute atomic E-state index is 12.4. The number of thioether (sulfide) groups is 1. The molecule has 0 aromatic heterocycles. The molecule has 2 saturated heterocycles. The predicted molar refractivity (Wildman–Crippen MR) is 76.3 cm³/mol. The van der Waals surface area contributed by atoms with Gasteiger partial charge in [-0.2, -0.15) is 11.8 Å².